The van der Waals surface area contributed by atoms with Gasteiger partial charge in [-0.05, 0) is 47.0 Å². The summed E-state index contributed by atoms with van der Waals surface area (Å²) in [6.07, 6.45) is -7.59. The van der Waals surface area contributed by atoms with Crippen LogP contribution in [0.5, 0.6) is 0 Å². The van der Waals surface area contributed by atoms with Gasteiger partial charge in [-0.1, -0.05) is 36.6 Å². The van der Waals surface area contributed by atoms with E-state index in [1.807, 2.05) is 0 Å². The van der Waals surface area contributed by atoms with Gasteiger partial charge in [0.1, 0.15) is 5.82 Å². The fourth-order valence-electron chi connectivity index (χ4n) is 3.67. The molecule has 2 aromatic carbocycles. The normalized spacial score (nSPS) is 12.1. The zero-order chi connectivity index (χ0) is 30.4. The van der Waals surface area contributed by atoms with E-state index < -0.39 is 58.4 Å². The number of pyridine rings is 1. The van der Waals surface area contributed by atoms with E-state index in [0.717, 1.165) is 24.3 Å². The minimum absolute atomic E-state index is 0.0786. The summed E-state index contributed by atoms with van der Waals surface area (Å²) in [6.45, 7) is 2.39. The van der Waals surface area contributed by atoms with E-state index in [9.17, 15) is 44.7 Å². The zero-order valence-electron chi connectivity index (χ0n) is 20.8. The lowest BCUT2D eigenvalue weighted by atomic mass is 9.86. The van der Waals surface area contributed by atoms with Gasteiger partial charge in [-0.3, -0.25) is 14.6 Å². The molecule has 0 saturated carbocycles. The minimum atomic E-state index is -5.25. The number of aromatic nitrogens is 1. The van der Waals surface area contributed by atoms with Gasteiger partial charge in [0.05, 0.1) is 23.6 Å². The molecule has 0 aliphatic carbocycles. The lowest BCUT2D eigenvalue weighted by molar-refractivity contribution is -0.143. The Hall–Kier alpha value is -4.73. The van der Waals surface area contributed by atoms with Crippen LogP contribution in [0.3, 0.4) is 0 Å². The first-order valence-corrected chi connectivity index (χ1v) is 11.5. The molecule has 1 atom stereocenters. The van der Waals surface area contributed by atoms with E-state index >= 15 is 0 Å². The summed E-state index contributed by atoms with van der Waals surface area (Å²) in [7, 11) is 0. The van der Waals surface area contributed by atoms with E-state index in [0.29, 0.717) is 23.3 Å². The van der Waals surface area contributed by atoms with Crippen LogP contribution in [0, 0.1) is 17.7 Å². The van der Waals surface area contributed by atoms with Gasteiger partial charge in [0.15, 0.2) is 5.83 Å². The lowest BCUT2D eigenvalue weighted by Crippen LogP contribution is -2.31. The second kappa shape index (κ2) is 12.6. The monoisotopic (exact) mass is 581 g/mol. The lowest BCUT2D eigenvalue weighted by Gasteiger charge is -2.22. The summed E-state index contributed by atoms with van der Waals surface area (Å²) in [5.74, 6) is -0.499. The molecular weight excluding hydrogens is 562 g/mol. The van der Waals surface area contributed by atoms with Crippen molar-refractivity contribution in [1.82, 2.24) is 15.6 Å². The van der Waals surface area contributed by atoms with E-state index in [1.165, 1.54) is 18.5 Å². The van der Waals surface area contributed by atoms with Crippen LogP contribution in [0.15, 0.2) is 73.3 Å². The average Bonchev–Trinajstić information content (AvgIpc) is 2.90. The Morgan fingerprint density at radius 2 is 1.61 bits per heavy atom. The van der Waals surface area contributed by atoms with Crippen molar-refractivity contribution in [1.29, 1.82) is 0 Å². The standard InChI is InChI=1S/C28H19F8N3O2/c1-16(29)25(40)39-15-18-11-17(13-37-14-18)3-2-10-38-26(41)24(19-4-7-21(30)8-5-19)22-9-6-20(27(31,32)33)12-23(22)28(34,35)36/h4-9,11-14,24H,1,10,15H2,(H,38,41)(H,39,40). The number of carbonyl (C=O) groups excluding carboxylic acids is 2. The Morgan fingerprint density at radius 1 is 0.927 bits per heavy atom. The third-order valence-electron chi connectivity index (χ3n) is 5.54. The first-order chi connectivity index (χ1) is 19.2. The van der Waals surface area contributed by atoms with Crippen molar-refractivity contribution in [3.63, 3.8) is 0 Å². The van der Waals surface area contributed by atoms with Crippen molar-refractivity contribution < 1.29 is 44.7 Å². The second-order valence-corrected chi connectivity index (χ2v) is 8.47. The number of amides is 2. The first kappa shape index (κ1) is 30.8. The number of alkyl halides is 6. The summed E-state index contributed by atoms with van der Waals surface area (Å²) in [5, 5.41) is 4.59. The molecule has 5 nitrogen and oxygen atoms in total. The molecule has 1 heterocycles. The smallest absolute Gasteiger partial charge is 0.346 e. The SMILES string of the molecule is C=C(F)C(=O)NCc1cncc(C#CCNC(=O)C(c2ccc(F)cc2)c2ccc(C(F)(F)F)cc2C(F)(F)F)c1. The Morgan fingerprint density at radius 3 is 2.22 bits per heavy atom. The molecule has 0 saturated heterocycles. The molecule has 1 aromatic heterocycles. The van der Waals surface area contributed by atoms with Crippen LogP contribution in [0.25, 0.3) is 0 Å². The second-order valence-electron chi connectivity index (χ2n) is 8.47. The molecule has 1 unspecified atom stereocenters. The predicted molar refractivity (Wildman–Crippen MR) is 131 cm³/mol. The minimum Gasteiger partial charge on any atom is -0.346 e. The summed E-state index contributed by atoms with van der Waals surface area (Å²) in [5.41, 5.74) is -3.32. The predicted octanol–water partition coefficient (Wildman–Crippen LogP) is 5.66. The molecule has 0 fully saturated rings. The molecule has 41 heavy (non-hydrogen) atoms. The molecule has 2 N–H and O–H groups in total. The fourth-order valence-corrected chi connectivity index (χ4v) is 3.67. The molecule has 2 amide bonds. The molecular formula is C28H19F8N3O2. The highest BCUT2D eigenvalue weighted by Gasteiger charge is 2.41. The van der Waals surface area contributed by atoms with Gasteiger partial charge in [-0.2, -0.15) is 26.3 Å². The number of nitrogens with one attached hydrogen (secondary N) is 2. The summed E-state index contributed by atoms with van der Waals surface area (Å²) >= 11 is 0. The summed E-state index contributed by atoms with van der Waals surface area (Å²) < 4.78 is 107. The molecule has 0 bridgehead atoms. The number of hydrogen-bond acceptors (Lipinski definition) is 3. The third kappa shape index (κ3) is 8.38. The van der Waals surface area contributed by atoms with Crippen LogP contribution < -0.4 is 10.6 Å². The quantitative estimate of drug-likeness (QED) is 0.215. The number of benzene rings is 2. The largest absolute Gasteiger partial charge is 0.416 e. The molecule has 214 valence electrons. The maximum absolute atomic E-state index is 13.9. The highest BCUT2D eigenvalue weighted by atomic mass is 19.4. The first-order valence-electron chi connectivity index (χ1n) is 11.5. The van der Waals surface area contributed by atoms with Gasteiger partial charge < -0.3 is 10.6 Å². The molecule has 3 rings (SSSR count). The Kier molecular flexibility index (Phi) is 9.49. The van der Waals surface area contributed by atoms with E-state index in [2.05, 4.69) is 34.0 Å². The Bertz CT molecular complexity index is 1500. The van der Waals surface area contributed by atoms with Crippen LogP contribution in [-0.4, -0.2) is 23.3 Å². The molecule has 13 heteroatoms. The topological polar surface area (TPSA) is 71.1 Å². The number of rotatable bonds is 7. The maximum Gasteiger partial charge on any atom is 0.416 e. The highest BCUT2D eigenvalue weighted by Crippen LogP contribution is 2.41. The summed E-state index contributed by atoms with van der Waals surface area (Å²) in [4.78, 5) is 28.3. The number of carbonyl (C=O) groups is 2. The van der Waals surface area contributed by atoms with Crippen LogP contribution in [0.2, 0.25) is 0 Å². The van der Waals surface area contributed by atoms with Gasteiger partial charge in [-0.25, -0.2) is 8.78 Å². The van der Waals surface area contributed by atoms with Gasteiger partial charge in [-0.15, -0.1) is 0 Å². The highest BCUT2D eigenvalue weighted by molar-refractivity contribution is 5.90. The van der Waals surface area contributed by atoms with Crippen molar-refractivity contribution in [2.24, 2.45) is 0 Å². The maximum atomic E-state index is 13.9. The molecule has 0 radical (unpaired) electrons. The van der Waals surface area contributed by atoms with E-state index in [4.69, 9.17) is 0 Å². The van der Waals surface area contributed by atoms with Crippen LogP contribution in [0.4, 0.5) is 35.1 Å². The van der Waals surface area contributed by atoms with Crippen LogP contribution in [0.1, 0.15) is 39.3 Å². The molecule has 0 spiro atoms. The van der Waals surface area contributed by atoms with Crippen LogP contribution in [-0.2, 0) is 28.5 Å². The van der Waals surface area contributed by atoms with Gasteiger partial charge in [0, 0.05) is 24.5 Å². The molecule has 3 aromatic rings. The number of halogens is 8. The van der Waals surface area contributed by atoms with Crippen molar-refractivity contribution >= 4 is 11.8 Å². The summed E-state index contributed by atoms with van der Waals surface area (Å²) in [6, 6.07) is 6.33. The van der Waals surface area contributed by atoms with Crippen molar-refractivity contribution in [3.8, 4) is 11.8 Å². The molecule has 0 aliphatic rings. The Labute approximate surface area is 228 Å². The average molecular weight is 581 g/mol. The van der Waals surface area contributed by atoms with E-state index in [1.54, 1.807) is 0 Å². The fraction of sp³-hybridized carbons (Fsp3) is 0.179. The van der Waals surface area contributed by atoms with Gasteiger partial charge >= 0.3 is 12.4 Å². The van der Waals surface area contributed by atoms with Gasteiger partial charge in [0.2, 0.25) is 5.91 Å². The van der Waals surface area contributed by atoms with Crippen molar-refractivity contribution in [2.45, 2.75) is 24.8 Å². The number of hydrogen-bond donors (Lipinski definition) is 2. The third-order valence-corrected chi connectivity index (χ3v) is 5.54. The number of nitrogens with zero attached hydrogens (tertiary/aromatic N) is 1. The zero-order valence-corrected chi connectivity index (χ0v) is 20.8. The van der Waals surface area contributed by atoms with Gasteiger partial charge in [0.25, 0.3) is 5.91 Å². The van der Waals surface area contributed by atoms with Crippen molar-refractivity contribution in [3.05, 3.63) is 113 Å². The molecule has 0 aliphatic heterocycles. The van der Waals surface area contributed by atoms with E-state index in [-0.39, 0.29) is 24.7 Å². The Balaban J connectivity index is 1.87. The van der Waals surface area contributed by atoms with Crippen LogP contribution >= 0.6 is 0 Å². The van der Waals surface area contributed by atoms with Crippen molar-refractivity contribution in [2.75, 3.05) is 6.54 Å².